The van der Waals surface area contributed by atoms with Gasteiger partial charge in [0, 0.05) is 45.4 Å². The minimum Gasteiger partial charge on any atom is -0.496 e. The molecule has 0 aliphatic carbocycles. The maximum atomic E-state index is 5.70. The van der Waals surface area contributed by atoms with E-state index in [0.717, 1.165) is 63.7 Å². The number of benzene rings is 1. The molecule has 0 aromatic heterocycles. The number of piperazine rings is 1. The van der Waals surface area contributed by atoms with Gasteiger partial charge in [-0.25, -0.2) is 0 Å². The van der Waals surface area contributed by atoms with Gasteiger partial charge in [0.1, 0.15) is 11.5 Å². The van der Waals surface area contributed by atoms with Gasteiger partial charge in [-0.1, -0.05) is 6.07 Å². The Kier molecular flexibility index (Phi) is 9.90. The zero-order chi connectivity index (χ0) is 16.1. The molecule has 1 aromatic carbocycles. The molecular formula is C18H30Cl2N2O3. The first kappa shape index (κ1) is 22.3. The van der Waals surface area contributed by atoms with Crippen molar-refractivity contribution in [3.8, 4) is 11.5 Å². The van der Waals surface area contributed by atoms with Crippen molar-refractivity contribution in [2.75, 3.05) is 53.6 Å². The third-order valence-electron chi connectivity index (χ3n) is 5.02. The van der Waals surface area contributed by atoms with Gasteiger partial charge in [0.05, 0.1) is 19.8 Å². The molecule has 144 valence electrons. The van der Waals surface area contributed by atoms with Gasteiger partial charge in [-0.05, 0) is 30.9 Å². The number of hydrogen-bond donors (Lipinski definition) is 1. The SMILES string of the molecule is COc1cccc(OC)c1[C@@H](C1CCOCC1)N1CCNCC1.Cl.Cl. The maximum Gasteiger partial charge on any atom is 0.127 e. The van der Waals surface area contributed by atoms with Gasteiger partial charge in [0.25, 0.3) is 0 Å². The zero-order valence-electron chi connectivity index (χ0n) is 15.0. The highest BCUT2D eigenvalue weighted by molar-refractivity contribution is 5.85. The molecule has 1 N–H and O–H groups in total. The fourth-order valence-electron chi connectivity index (χ4n) is 3.88. The molecule has 0 saturated carbocycles. The summed E-state index contributed by atoms with van der Waals surface area (Å²) in [4.78, 5) is 2.59. The van der Waals surface area contributed by atoms with Crippen molar-refractivity contribution in [1.29, 1.82) is 0 Å². The van der Waals surface area contributed by atoms with Gasteiger partial charge in [-0.3, -0.25) is 4.90 Å². The average molecular weight is 393 g/mol. The number of nitrogens with zero attached hydrogens (tertiary/aromatic N) is 1. The summed E-state index contributed by atoms with van der Waals surface area (Å²) in [6.45, 7) is 5.90. The first-order valence-electron chi connectivity index (χ1n) is 8.58. The van der Waals surface area contributed by atoms with E-state index in [-0.39, 0.29) is 24.8 Å². The van der Waals surface area contributed by atoms with Gasteiger partial charge in [0.2, 0.25) is 0 Å². The molecule has 1 aromatic rings. The molecule has 2 aliphatic rings. The largest absolute Gasteiger partial charge is 0.496 e. The first-order chi connectivity index (χ1) is 11.3. The number of ether oxygens (including phenoxy) is 3. The number of rotatable bonds is 5. The van der Waals surface area contributed by atoms with E-state index in [9.17, 15) is 0 Å². The number of nitrogens with one attached hydrogen (secondary N) is 1. The molecular weight excluding hydrogens is 363 g/mol. The Hall–Kier alpha value is -0.720. The van der Waals surface area contributed by atoms with Crippen LogP contribution in [0.1, 0.15) is 24.4 Å². The molecule has 0 bridgehead atoms. The van der Waals surface area contributed by atoms with Crippen LogP contribution < -0.4 is 14.8 Å². The van der Waals surface area contributed by atoms with Gasteiger partial charge >= 0.3 is 0 Å². The van der Waals surface area contributed by atoms with E-state index in [1.807, 2.05) is 18.2 Å². The van der Waals surface area contributed by atoms with E-state index >= 15 is 0 Å². The fraction of sp³-hybridized carbons (Fsp3) is 0.667. The Balaban J connectivity index is 0.00000156. The molecule has 7 heteroatoms. The van der Waals surface area contributed by atoms with Crippen LogP contribution >= 0.6 is 24.8 Å². The summed E-state index contributed by atoms with van der Waals surface area (Å²) in [5.41, 5.74) is 1.20. The Morgan fingerprint density at radius 3 is 2.12 bits per heavy atom. The normalized spacial score (nSPS) is 20.1. The lowest BCUT2D eigenvalue weighted by atomic mass is 9.84. The predicted octanol–water partition coefficient (Wildman–Crippen LogP) is 2.92. The van der Waals surface area contributed by atoms with Gasteiger partial charge < -0.3 is 19.5 Å². The van der Waals surface area contributed by atoms with Crippen LogP contribution in [0.3, 0.4) is 0 Å². The van der Waals surface area contributed by atoms with Gasteiger partial charge in [0.15, 0.2) is 0 Å². The second-order valence-electron chi connectivity index (χ2n) is 6.26. The number of halogens is 2. The molecule has 5 nitrogen and oxygen atoms in total. The van der Waals surface area contributed by atoms with Gasteiger partial charge in [-0.2, -0.15) is 0 Å². The Morgan fingerprint density at radius 2 is 1.60 bits per heavy atom. The average Bonchev–Trinajstić information content (AvgIpc) is 2.64. The van der Waals surface area contributed by atoms with E-state index in [1.165, 1.54) is 5.56 Å². The Morgan fingerprint density at radius 1 is 1.04 bits per heavy atom. The van der Waals surface area contributed by atoms with E-state index in [1.54, 1.807) is 14.2 Å². The van der Waals surface area contributed by atoms with E-state index < -0.39 is 0 Å². The summed E-state index contributed by atoms with van der Waals surface area (Å²) >= 11 is 0. The molecule has 0 radical (unpaired) electrons. The van der Waals surface area contributed by atoms with E-state index in [4.69, 9.17) is 14.2 Å². The van der Waals surface area contributed by atoms with Crippen LogP contribution in [0.5, 0.6) is 11.5 Å². The van der Waals surface area contributed by atoms with Gasteiger partial charge in [-0.15, -0.1) is 24.8 Å². The maximum absolute atomic E-state index is 5.70. The van der Waals surface area contributed by atoms with Crippen LogP contribution in [-0.4, -0.2) is 58.5 Å². The zero-order valence-corrected chi connectivity index (χ0v) is 16.7. The van der Waals surface area contributed by atoms with Crippen molar-refractivity contribution >= 4 is 24.8 Å². The molecule has 0 amide bonds. The second kappa shape index (κ2) is 11.1. The summed E-state index contributed by atoms with van der Waals surface area (Å²) in [7, 11) is 3.49. The summed E-state index contributed by atoms with van der Waals surface area (Å²) < 4.78 is 17.0. The topological polar surface area (TPSA) is 43.0 Å². The third-order valence-corrected chi connectivity index (χ3v) is 5.02. The van der Waals surface area contributed by atoms with Crippen molar-refractivity contribution < 1.29 is 14.2 Å². The van der Waals surface area contributed by atoms with Crippen LogP contribution in [0.2, 0.25) is 0 Å². The van der Waals surface area contributed by atoms with Crippen molar-refractivity contribution in [3.05, 3.63) is 23.8 Å². The number of hydrogen-bond acceptors (Lipinski definition) is 5. The molecule has 0 unspecified atom stereocenters. The monoisotopic (exact) mass is 392 g/mol. The molecule has 25 heavy (non-hydrogen) atoms. The van der Waals surface area contributed by atoms with E-state index in [2.05, 4.69) is 10.2 Å². The molecule has 3 rings (SSSR count). The standard InChI is InChI=1S/C18H28N2O3.2ClH/c1-21-15-4-3-5-16(22-2)17(15)18(14-6-12-23-13-7-14)20-10-8-19-9-11-20;;/h3-5,14,18-19H,6-13H2,1-2H3;2*1H/t18-;;/m1../s1. The highest BCUT2D eigenvalue weighted by Crippen LogP contribution is 2.43. The van der Waals surface area contributed by atoms with Crippen LogP contribution in [0.15, 0.2) is 18.2 Å². The van der Waals surface area contributed by atoms with Crippen molar-refractivity contribution in [2.24, 2.45) is 5.92 Å². The summed E-state index contributed by atoms with van der Waals surface area (Å²) in [5, 5.41) is 3.45. The summed E-state index contributed by atoms with van der Waals surface area (Å²) in [6, 6.07) is 6.42. The van der Waals surface area contributed by atoms with Crippen LogP contribution in [0, 0.1) is 5.92 Å². The molecule has 2 fully saturated rings. The highest BCUT2D eigenvalue weighted by atomic mass is 35.5. The van der Waals surface area contributed by atoms with Crippen molar-refractivity contribution in [1.82, 2.24) is 10.2 Å². The first-order valence-corrected chi connectivity index (χ1v) is 8.58. The molecule has 0 spiro atoms. The third kappa shape index (κ3) is 5.14. The minimum atomic E-state index is 0. The van der Waals surface area contributed by atoms with Crippen molar-refractivity contribution in [3.63, 3.8) is 0 Å². The molecule has 1 atom stereocenters. The lowest BCUT2D eigenvalue weighted by Gasteiger charge is -2.41. The molecule has 2 saturated heterocycles. The molecule has 2 aliphatic heterocycles. The summed E-state index contributed by atoms with van der Waals surface area (Å²) in [6.07, 6.45) is 2.19. The number of methoxy groups -OCH3 is 2. The fourth-order valence-corrected chi connectivity index (χ4v) is 3.88. The quantitative estimate of drug-likeness (QED) is 0.834. The van der Waals surface area contributed by atoms with Crippen LogP contribution in [-0.2, 0) is 4.74 Å². The predicted molar refractivity (Wildman–Crippen MR) is 105 cm³/mol. The second-order valence-corrected chi connectivity index (χ2v) is 6.26. The lowest BCUT2D eigenvalue weighted by Crippen LogP contribution is -2.47. The van der Waals surface area contributed by atoms with Crippen molar-refractivity contribution in [2.45, 2.75) is 18.9 Å². The van der Waals surface area contributed by atoms with E-state index in [0.29, 0.717) is 12.0 Å². The van der Waals surface area contributed by atoms with Crippen LogP contribution in [0.25, 0.3) is 0 Å². The smallest absolute Gasteiger partial charge is 0.127 e. The van der Waals surface area contributed by atoms with Crippen LogP contribution in [0.4, 0.5) is 0 Å². The lowest BCUT2D eigenvalue weighted by molar-refractivity contribution is 0.0199. The Labute approximate surface area is 163 Å². The molecule has 2 heterocycles. The highest BCUT2D eigenvalue weighted by Gasteiger charge is 2.35. The summed E-state index contributed by atoms with van der Waals surface area (Å²) in [5.74, 6) is 2.44. The Bertz CT molecular complexity index is 467. The minimum absolute atomic E-state index is 0.